The minimum Gasteiger partial charge on any atom is -0.391 e. The van der Waals surface area contributed by atoms with Crippen LogP contribution >= 0.6 is 0 Å². The van der Waals surface area contributed by atoms with Crippen LogP contribution in [0.2, 0.25) is 0 Å². The van der Waals surface area contributed by atoms with Gasteiger partial charge in [-0.25, -0.2) is 17.5 Å². The first kappa shape index (κ1) is 16.6. The second-order valence-electron chi connectivity index (χ2n) is 5.13. The fourth-order valence-corrected chi connectivity index (χ4v) is 3.20. The number of sulfonamides is 1. The Kier molecular flexibility index (Phi) is 5.28. The van der Waals surface area contributed by atoms with Crippen LogP contribution in [0.3, 0.4) is 0 Å². The molecule has 2 rings (SSSR count). The van der Waals surface area contributed by atoms with E-state index in [0.29, 0.717) is 12.0 Å². The highest BCUT2D eigenvalue weighted by atomic mass is 32.2. The lowest BCUT2D eigenvalue weighted by atomic mass is 10.1. The van der Waals surface area contributed by atoms with E-state index in [4.69, 9.17) is 0 Å². The molecule has 0 bridgehead atoms. The molecule has 0 aromatic heterocycles. The summed E-state index contributed by atoms with van der Waals surface area (Å²) in [7, 11) is -3.98. The molecular weight excluding hydrogens is 305 g/mol. The van der Waals surface area contributed by atoms with Crippen molar-refractivity contribution in [1.82, 2.24) is 4.72 Å². The first-order valence-electron chi connectivity index (χ1n) is 6.86. The number of aliphatic hydroxyl groups is 1. The first-order chi connectivity index (χ1) is 10.4. The predicted octanol–water partition coefficient (Wildman–Crippen LogP) is 2.02. The fourth-order valence-electron chi connectivity index (χ4n) is 2.07. The Hall–Kier alpha value is -1.76. The van der Waals surface area contributed by atoms with Crippen LogP contribution in [0.4, 0.5) is 4.39 Å². The molecule has 1 unspecified atom stereocenters. The molecule has 0 heterocycles. The Labute approximate surface area is 129 Å². The maximum absolute atomic E-state index is 13.7. The molecular formula is C16H18FNO3S. The first-order valence-corrected chi connectivity index (χ1v) is 8.34. The molecule has 0 aliphatic carbocycles. The lowest BCUT2D eigenvalue weighted by Crippen LogP contribution is -2.33. The van der Waals surface area contributed by atoms with Crippen molar-refractivity contribution in [2.45, 2.75) is 24.3 Å². The molecule has 2 N–H and O–H groups in total. The van der Waals surface area contributed by atoms with Gasteiger partial charge < -0.3 is 5.11 Å². The average Bonchev–Trinajstić information content (AvgIpc) is 2.46. The Morgan fingerprint density at radius 1 is 1.18 bits per heavy atom. The van der Waals surface area contributed by atoms with E-state index >= 15 is 0 Å². The highest BCUT2D eigenvalue weighted by Gasteiger charge is 2.20. The number of halogens is 1. The third kappa shape index (κ3) is 4.37. The van der Waals surface area contributed by atoms with E-state index in [-0.39, 0.29) is 6.54 Å². The summed E-state index contributed by atoms with van der Waals surface area (Å²) in [5.41, 5.74) is 1.54. The van der Waals surface area contributed by atoms with E-state index in [1.54, 1.807) is 6.92 Å². The summed E-state index contributed by atoms with van der Waals surface area (Å²) in [5.74, 6) is -0.801. The van der Waals surface area contributed by atoms with Gasteiger partial charge in [-0.15, -0.1) is 0 Å². The molecule has 0 aliphatic heterocycles. The van der Waals surface area contributed by atoms with Crippen molar-refractivity contribution < 1.29 is 17.9 Å². The maximum Gasteiger partial charge on any atom is 0.243 e. The number of aliphatic hydroxyl groups excluding tert-OH is 1. The van der Waals surface area contributed by atoms with E-state index in [2.05, 4.69) is 4.72 Å². The van der Waals surface area contributed by atoms with Gasteiger partial charge in [0, 0.05) is 6.54 Å². The summed E-state index contributed by atoms with van der Waals surface area (Å²) in [4.78, 5) is -0.412. The lowest BCUT2D eigenvalue weighted by molar-refractivity contribution is 0.179. The predicted molar refractivity (Wildman–Crippen MR) is 82.5 cm³/mol. The summed E-state index contributed by atoms with van der Waals surface area (Å²) in [6.07, 6.45) is -0.564. The van der Waals surface area contributed by atoms with E-state index in [1.807, 2.05) is 30.3 Å². The molecule has 22 heavy (non-hydrogen) atoms. The Morgan fingerprint density at radius 3 is 2.50 bits per heavy atom. The van der Waals surface area contributed by atoms with Gasteiger partial charge in [-0.05, 0) is 36.6 Å². The van der Waals surface area contributed by atoms with Gasteiger partial charge in [-0.1, -0.05) is 36.4 Å². The quantitative estimate of drug-likeness (QED) is 0.855. The van der Waals surface area contributed by atoms with Crippen molar-refractivity contribution in [3.05, 3.63) is 65.5 Å². The molecule has 6 heteroatoms. The third-order valence-corrected chi connectivity index (χ3v) is 4.66. The molecule has 0 fully saturated rings. The third-order valence-electron chi connectivity index (χ3n) is 3.20. The number of hydrogen-bond acceptors (Lipinski definition) is 3. The fraction of sp³-hybridized carbons (Fsp3) is 0.250. The minimum absolute atomic E-state index is 0.176. The molecule has 0 aliphatic rings. The normalized spacial score (nSPS) is 13.0. The zero-order valence-electron chi connectivity index (χ0n) is 12.2. The average molecular weight is 323 g/mol. The van der Waals surface area contributed by atoms with Gasteiger partial charge in [0.25, 0.3) is 0 Å². The van der Waals surface area contributed by atoms with E-state index in [1.165, 1.54) is 12.1 Å². The summed E-state index contributed by atoms with van der Waals surface area (Å²) < 4.78 is 40.1. The van der Waals surface area contributed by atoms with Crippen molar-refractivity contribution >= 4 is 10.0 Å². The van der Waals surface area contributed by atoms with Gasteiger partial charge in [0.1, 0.15) is 10.7 Å². The molecule has 0 radical (unpaired) electrons. The monoisotopic (exact) mass is 323 g/mol. The van der Waals surface area contributed by atoms with Crippen LogP contribution in [0, 0.1) is 12.7 Å². The zero-order chi connectivity index (χ0) is 16.2. The minimum atomic E-state index is -3.98. The van der Waals surface area contributed by atoms with Gasteiger partial charge in [0.15, 0.2) is 0 Å². The van der Waals surface area contributed by atoms with Gasteiger partial charge in [0.2, 0.25) is 10.0 Å². The molecule has 0 amide bonds. The topological polar surface area (TPSA) is 66.4 Å². The highest BCUT2D eigenvalue weighted by molar-refractivity contribution is 7.89. The number of benzene rings is 2. The highest BCUT2D eigenvalue weighted by Crippen LogP contribution is 2.15. The van der Waals surface area contributed by atoms with E-state index in [9.17, 15) is 17.9 Å². The number of aryl methyl sites for hydroxylation is 1. The zero-order valence-corrected chi connectivity index (χ0v) is 13.0. The van der Waals surface area contributed by atoms with Gasteiger partial charge >= 0.3 is 0 Å². The van der Waals surface area contributed by atoms with Crippen LogP contribution in [0.15, 0.2) is 53.4 Å². The van der Waals surface area contributed by atoms with Crippen molar-refractivity contribution in [2.75, 3.05) is 6.54 Å². The smallest absolute Gasteiger partial charge is 0.243 e. The standard InChI is InChI=1S/C16H18FNO3S/c1-12-7-8-16(15(17)9-12)22(20,21)18-11-14(19)10-13-5-3-2-4-6-13/h2-9,14,18-19H,10-11H2,1H3. The summed E-state index contributed by atoms with van der Waals surface area (Å²) >= 11 is 0. The lowest BCUT2D eigenvalue weighted by Gasteiger charge is -2.13. The summed E-state index contributed by atoms with van der Waals surface area (Å²) in [5, 5.41) is 9.91. The van der Waals surface area contributed by atoms with Crippen LogP contribution in [0.5, 0.6) is 0 Å². The van der Waals surface area contributed by atoms with Gasteiger partial charge in [-0.2, -0.15) is 0 Å². The molecule has 118 valence electrons. The van der Waals surface area contributed by atoms with E-state index in [0.717, 1.165) is 11.6 Å². The van der Waals surface area contributed by atoms with Crippen molar-refractivity contribution in [3.63, 3.8) is 0 Å². The molecule has 0 saturated carbocycles. The Bertz CT molecular complexity index is 732. The van der Waals surface area contributed by atoms with E-state index < -0.39 is 26.8 Å². The second kappa shape index (κ2) is 7.00. The summed E-state index contributed by atoms with van der Waals surface area (Å²) in [6, 6.07) is 13.1. The van der Waals surface area contributed by atoms with Gasteiger partial charge in [0.05, 0.1) is 6.10 Å². The van der Waals surface area contributed by atoms with Crippen LogP contribution in [0.25, 0.3) is 0 Å². The molecule has 4 nitrogen and oxygen atoms in total. The van der Waals surface area contributed by atoms with Crippen LogP contribution in [-0.4, -0.2) is 26.2 Å². The molecule has 2 aromatic rings. The van der Waals surface area contributed by atoms with Crippen LogP contribution < -0.4 is 4.72 Å². The Morgan fingerprint density at radius 2 is 1.86 bits per heavy atom. The second-order valence-corrected chi connectivity index (χ2v) is 6.86. The van der Waals surface area contributed by atoms with Crippen molar-refractivity contribution in [2.24, 2.45) is 0 Å². The van der Waals surface area contributed by atoms with Crippen LogP contribution in [0.1, 0.15) is 11.1 Å². The van der Waals surface area contributed by atoms with Crippen molar-refractivity contribution in [1.29, 1.82) is 0 Å². The SMILES string of the molecule is Cc1ccc(S(=O)(=O)NCC(O)Cc2ccccc2)c(F)c1. The Balaban J connectivity index is 2.00. The van der Waals surface area contributed by atoms with Crippen LogP contribution in [-0.2, 0) is 16.4 Å². The number of hydrogen-bond donors (Lipinski definition) is 2. The maximum atomic E-state index is 13.7. The van der Waals surface area contributed by atoms with Crippen molar-refractivity contribution in [3.8, 4) is 0 Å². The number of rotatable bonds is 6. The molecule has 0 spiro atoms. The van der Waals surface area contributed by atoms with Gasteiger partial charge in [-0.3, -0.25) is 0 Å². The molecule has 2 aromatic carbocycles. The molecule has 1 atom stereocenters. The number of nitrogens with one attached hydrogen (secondary N) is 1. The molecule has 0 saturated heterocycles. The largest absolute Gasteiger partial charge is 0.391 e. The summed E-state index contributed by atoms with van der Waals surface area (Å²) in [6.45, 7) is 1.50.